The number of hydrogen-bond acceptors (Lipinski definition) is 4. The van der Waals surface area contributed by atoms with Crippen molar-refractivity contribution in [1.29, 1.82) is 0 Å². The molecule has 2 aromatic rings. The number of nitrogens with zero attached hydrogens (tertiary/aromatic N) is 1. The summed E-state index contributed by atoms with van der Waals surface area (Å²) in [4.78, 5) is 27.0. The zero-order valence-electron chi connectivity index (χ0n) is 16.7. The Morgan fingerprint density at radius 3 is 2.21 bits per heavy atom. The maximum atomic E-state index is 12.9. The normalized spacial score (nSPS) is 11.4. The van der Waals surface area contributed by atoms with Crippen LogP contribution in [0.3, 0.4) is 0 Å². The Balaban J connectivity index is 2.13. The topological polar surface area (TPSA) is 67.9 Å². The lowest BCUT2D eigenvalue weighted by Crippen LogP contribution is -2.50. The Kier molecular flexibility index (Phi) is 8.34. The maximum absolute atomic E-state index is 12.9. The molecule has 2 amide bonds. The van der Waals surface area contributed by atoms with Gasteiger partial charge in [-0.15, -0.1) is 0 Å². The second-order valence-corrected chi connectivity index (χ2v) is 6.29. The number of carbonyl (C=O) groups is 2. The molecule has 0 saturated carbocycles. The molecule has 0 heterocycles. The van der Waals surface area contributed by atoms with E-state index in [-0.39, 0.29) is 18.4 Å². The highest BCUT2D eigenvalue weighted by Crippen LogP contribution is 2.18. The van der Waals surface area contributed by atoms with Crippen LogP contribution in [0, 0.1) is 0 Å². The number of likely N-dealkylation sites (N-methyl/N-ethyl adjacent to an activating group) is 1. The first-order chi connectivity index (χ1) is 13.6. The molecule has 0 aliphatic heterocycles. The third kappa shape index (κ3) is 6.01. The number of carbonyl (C=O) groups excluding carboxylic acids is 2. The van der Waals surface area contributed by atoms with Gasteiger partial charge in [-0.05, 0) is 43.2 Å². The molecule has 1 N–H and O–H groups in total. The lowest BCUT2D eigenvalue weighted by atomic mass is 10.1. The van der Waals surface area contributed by atoms with Gasteiger partial charge in [-0.25, -0.2) is 0 Å². The number of hydrogen-bond donors (Lipinski definition) is 1. The molecule has 0 aliphatic carbocycles. The zero-order valence-corrected chi connectivity index (χ0v) is 16.7. The number of ether oxygens (including phenoxy) is 2. The lowest BCUT2D eigenvalue weighted by molar-refractivity contribution is -0.142. The molecule has 0 saturated heterocycles. The summed E-state index contributed by atoms with van der Waals surface area (Å²) in [6, 6.07) is 16.1. The van der Waals surface area contributed by atoms with E-state index < -0.39 is 6.04 Å². The summed E-state index contributed by atoms with van der Waals surface area (Å²) >= 11 is 0. The Labute approximate surface area is 166 Å². The average Bonchev–Trinajstić information content (AvgIpc) is 2.73. The van der Waals surface area contributed by atoms with Crippen LogP contribution in [0.25, 0.3) is 0 Å². The van der Waals surface area contributed by atoms with Crippen LogP contribution in [0.1, 0.15) is 25.8 Å². The molecule has 0 aliphatic rings. The molecule has 150 valence electrons. The fourth-order valence-electron chi connectivity index (χ4n) is 2.89. The second kappa shape index (κ2) is 11.0. The van der Waals surface area contributed by atoms with E-state index in [0.717, 1.165) is 5.56 Å². The standard InChI is InChI=1S/C22H28N2O4/c1-4-20(22(26)23-5-2)24(15-17-9-7-6-8-10-17)21(25)16-28-19-13-11-18(27-3)12-14-19/h6-14,20H,4-5,15-16H2,1-3H3,(H,23,26)/t20-/m0/s1. The Hall–Kier alpha value is -3.02. The first kappa shape index (κ1) is 21.3. The van der Waals surface area contributed by atoms with Crippen molar-refractivity contribution in [2.24, 2.45) is 0 Å². The monoisotopic (exact) mass is 384 g/mol. The predicted octanol–water partition coefficient (Wildman–Crippen LogP) is 3.02. The molecule has 2 aromatic carbocycles. The minimum atomic E-state index is -0.549. The smallest absolute Gasteiger partial charge is 0.261 e. The third-order valence-electron chi connectivity index (χ3n) is 4.35. The largest absolute Gasteiger partial charge is 0.497 e. The molecule has 6 nitrogen and oxygen atoms in total. The van der Waals surface area contributed by atoms with Gasteiger partial charge >= 0.3 is 0 Å². The third-order valence-corrected chi connectivity index (χ3v) is 4.35. The van der Waals surface area contributed by atoms with Crippen LogP contribution >= 0.6 is 0 Å². The molecule has 0 radical (unpaired) electrons. The highest BCUT2D eigenvalue weighted by molar-refractivity contribution is 5.88. The van der Waals surface area contributed by atoms with Crippen LogP contribution in [-0.2, 0) is 16.1 Å². The van der Waals surface area contributed by atoms with Gasteiger partial charge in [0, 0.05) is 13.1 Å². The van der Waals surface area contributed by atoms with Gasteiger partial charge in [0.1, 0.15) is 17.5 Å². The van der Waals surface area contributed by atoms with Gasteiger partial charge in [0.2, 0.25) is 5.91 Å². The molecule has 2 rings (SSSR count). The molecule has 6 heteroatoms. The summed E-state index contributed by atoms with van der Waals surface area (Å²) in [5.41, 5.74) is 0.961. The lowest BCUT2D eigenvalue weighted by Gasteiger charge is -2.30. The minimum absolute atomic E-state index is 0.144. The number of methoxy groups -OCH3 is 1. The molecule has 0 bridgehead atoms. The van der Waals surface area contributed by atoms with Crippen LogP contribution in [-0.4, -0.2) is 43.0 Å². The highest BCUT2D eigenvalue weighted by Gasteiger charge is 2.28. The van der Waals surface area contributed by atoms with Gasteiger partial charge in [0.25, 0.3) is 5.91 Å². The van der Waals surface area contributed by atoms with Crippen molar-refractivity contribution < 1.29 is 19.1 Å². The summed E-state index contributed by atoms with van der Waals surface area (Å²) in [5.74, 6) is 0.892. The van der Waals surface area contributed by atoms with Gasteiger partial charge in [0.15, 0.2) is 6.61 Å². The highest BCUT2D eigenvalue weighted by atomic mass is 16.5. The van der Waals surface area contributed by atoms with Gasteiger partial charge in [-0.1, -0.05) is 37.3 Å². The van der Waals surface area contributed by atoms with Crippen LogP contribution in [0.15, 0.2) is 54.6 Å². The Morgan fingerprint density at radius 2 is 1.64 bits per heavy atom. The predicted molar refractivity (Wildman–Crippen MR) is 108 cm³/mol. The molecule has 0 fully saturated rings. The first-order valence-electron chi connectivity index (χ1n) is 9.47. The van der Waals surface area contributed by atoms with Crippen LogP contribution in [0.2, 0.25) is 0 Å². The molecule has 0 aromatic heterocycles. The maximum Gasteiger partial charge on any atom is 0.261 e. The summed E-state index contributed by atoms with van der Waals surface area (Å²) in [6.45, 7) is 4.48. The molecular weight excluding hydrogens is 356 g/mol. The van der Waals surface area contributed by atoms with E-state index >= 15 is 0 Å². The van der Waals surface area contributed by atoms with Crippen molar-refractivity contribution in [1.82, 2.24) is 10.2 Å². The van der Waals surface area contributed by atoms with Crippen molar-refractivity contribution in [3.63, 3.8) is 0 Å². The molecule has 0 spiro atoms. The van der Waals surface area contributed by atoms with Crippen LogP contribution in [0.5, 0.6) is 11.5 Å². The van der Waals surface area contributed by atoms with E-state index in [1.165, 1.54) is 0 Å². The fraction of sp³-hybridized carbons (Fsp3) is 0.364. The molecule has 0 unspecified atom stereocenters. The fourth-order valence-corrected chi connectivity index (χ4v) is 2.89. The summed E-state index contributed by atoms with van der Waals surface area (Å²) in [7, 11) is 1.59. The van der Waals surface area contributed by atoms with Crippen molar-refractivity contribution in [3.8, 4) is 11.5 Å². The van der Waals surface area contributed by atoms with Gasteiger partial charge in [0.05, 0.1) is 7.11 Å². The number of nitrogens with one attached hydrogen (secondary N) is 1. The Morgan fingerprint density at radius 1 is 1.00 bits per heavy atom. The van der Waals surface area contributed by atoms with Crippen molar-refractivity contribution >= 4 is 11.8 Å². The first-order valence-corrected chi connectivity index (χ1v) is 9.47. The van der Waals surface area contributed by atoms with E-state index in [0.29, 0.717) is 31.0 Å². The number of amides is 2. The van der Waals surface area contributed by atoms with E-state index in [1.807, 2.05) is 44.2 Å². The van der Waals surface area contributed by atoms with Crippen molar-refractivity contribution in [2.45, 2.75) is 32.9 Å². The summed E-state index contributed by atoms with van der Waals surface area (Å²) < 4.78 is 10.8. The van der Waals surface area contributed by atoms with Crippen molar-refractivity contribution in [2.75, 3.05) is 20.3 Å². The van der Waals surface area contributed by atoms with E-state index in [4.69, 9.17) is 9.47 Å². The van der Waals surface area contributed by atoms with Crippen LogP contribution in [0.4, 0.5) is 0 Å². The van der Waals surface area contributed by atoms with E-state index in [9.17, 15) is 9.59 Å². The summed E-state index contributed by atoms with van der Waals surface area (Å²) in [5, 5.41) is 2.82. The SMILES string of the molecule is CCNC(=O)[C@H](CC)N(Cc1ccccc1)C(=O)COc1ccc(OC)cc1. The van der Waals surface area contributed by atoms with E-state index in [1.54, 1.807) is 36.3 Å². The average molecular weight is 384 g/mol. The van der Waals surface area contributed by atoms with Gasteiger partial charge in [-0.3, -0.25) is 9.59 Å². The minimum Gasteiger partial charge on any atom is -0.497 e. The summed E-state index contributed by atoms with van der Waals surface area (Å²) in [6.07, 6.45) is 0.521. The Bertz CT molecular complexity index is 747. The quantitative estimate of drug-likeness (QED) is 0.684. The number of benzene rings is 2. The van der Waals surface area contributed by atoms with Gasteiger partial charge in [-0.2, -0.15) is 0 Å². The number of rotatable bonds is 10. The molecule has 28 heavy (non-hydrogen) atoms. The van der Waals surface area contributed by atoms with E-state index in [2.05, 4.69) is 5.32 Å². The zero-order chi connectivity index (χ0) is 20.4. The second-order valence-electron chi connectivity index (χ2n) is 6.29. The molecule has 1 atom stereocenters. The van der Waals surface area contributed by atoms with Crippen molar-refractivity contribution in [3.05, 3.63) is 60.2 Å². The van der Waals surface area contributed by atoms with Crippen LogP contribution < -0.4 is 14.8 Å². The molecular formula is C22H28N2O4. The van der Waals surface area contributed by atoms with Gasteiger partial charge < -0.3 is 19.7 Å².